The summed E-state index contributed by atoms with van der Waals surface area (Å²) in [5.74, 6) is 2.99. The van der Waals surface area contributed by atoms with Gasteiger partial charge in [0.25, 0.3) is 0 Å². The number of likely N-dealkylation sites (tertiary alicyclic amines) is 1. The van der Waals surface area contributed by atoms with Crippen molar-refractivity contribution in [2.24, 2.45) is 0 Å². The van der Waals surface area contributed by atoms with Gasteiger partial charge in [-0.15, -0.1) is 0 Å². The minimum absolute atomic E-state index is 0.355. The summed E-state index contributed by atoms with van der Waals surface area (Å²) < 4.78 is 11.3. The lowest BCUT2D eigenvalue weighted by Gasteiger charge is -2.26. The Morgan fingerprint density at radius 1 is 1.24 bits per heavy atom. The first-order valence-electron chi connectivity index (χ1n) is 7.80. The molecule has 2 heterocycles. The van der Waals surface area contributed by atoms with Crippen LogP contribution in [0.4, 0.5) is 0 Å². The summed E-state index contributed by atoms with van der Waals surface area (Å²) >= 11 is 2.05. The highest BCUT2D eigenvalue weighted by molar-refractivity contribution is 8.00. The SMILES string of the molecule is CC(C)(C)SCCN1CCC[C@H]1c1ccc2c(c1)OCO2. The van der Waals surface area contributed by atoms with Gasteiger partial charge in [-0.1, -0.05) is 26.8 Å². The fraction of sp³-hybridized carbons (Fsp3) is 0.647. The van der Waals surface area contributed by atoms with Crippen molar-refractivity contribution >= 4 is 11.8 Å². The fourth-order valence-electron chi connectivity index (χ4n) is 3.06. The van der Waals surface area contributed by atoms with Crippen molar-refractivity contribution in [2.75, 3.05) is 25.6 Å². The molecule has 1 atom stereocenters. The maximum absolute atomic E-state index is 5.51. The zero-order chi connectivity index (χ0) is 14.9. The number of rotatable bonds is 4. The zero-order valence-corrected chi connectivity index (χ0v) is 14.0. The highest BCUT2D eigenvalue weighted by Crippen LogP contribution is 2.39. The number of ether oxygens (including phenoxy) is 2. The van der Waals surface area contributed by atoms with E-state index >= 15 is 0 Å². The Hall–Kier alpha value is -0.870. The predicted molar refractivity (Wildman–Crippen MR) is 88.3 cm³/mol. The van der Waals surface area contributed by atoms with Gasteiger partial charge >= 0.3 is 0 Å². The Bertz CT molecular complexity index is 498. The molecule has 3 nitrogen and oxygen atoms in total. The third-order valence-electron chi connectivity index (χ3n) is 4.06. The van der Waals surface area contributed by atoms with Crippen molar-refractivity contribution in [3.05, 3.63) is 23.8 Å². The van der Waals surface area contributed by atoms with Crippen LogP contribution in [0, 0.1) is 0 Å². The van der Waals surface area contributed by atoms with Gasteiger partial charge in [-0.3, -0.25) is 4.90 Å². The van der Waals surface area contributed by atoms with Crippen LogP contribution in [0.25, 0.3) is 0 Å². The van der Waals surface area contributed by atoms with Gasteiger partial charge in [0.05, 0.1) is 0 Å². The molecule has 1 aromatic carbocycles. The Labute approximate surface area is 132 Å². The summed E-state index contributed by atoms with van der Waals surface area (Å²) in [6, 6.07) is 6.97. The molecule has 0 bridgehead atoms. The molecule has 2 aliphatic heterocycles. The van der Waals surface area contributed by atoms with E-state index in [4.69, 9.17) is 9.47 Å². The van der Waals surface area contributed by atoms with Crippen molar-refractivity contribution < 1.29 is 9.47 Å². The van der Waals surface area contributed by atoms with E-state index in [1.807, 2.05) is 0 Å². The van der Waals surface area contributed by atoms with E-state index < -0.39 is 0 Å². The van der Waals surface area contributed by atoms with E-state index in [2.05, 4.69) is 55.6 Å². The lowest BCUT2D eigenvalue weighted by atomic mass is 10.0. The van der Waals surface area contributed by atoms with Gasteiger partial charge in [-0.2, -0.15) is 11.8 Å². The lowest BCUT2D eigenvalue weighted by molar-refractivity contribution is 0.174. The molecule has 21 heavy (non-hydrogen) atoms. The normalized spacial score (nSPS) is 22.0. The Morgan fingerprint density at radius 2 is 2.05 bits per heavy atom. The summed E-state index contributed by atoms with van der Waals surface area (Å²) in [6.07, 6.45) is 2.54. The van der Waals surface area contributed by atoms with Crippen LogP contribution in [0.15, 0.2) is 18.2 Å². The topological polar surface area (TPSA) is 21.7 Å². The molecule has 0 saturated carbocycles. The van der Waals surface area contributed by atoms with Gasteiger partial charge in [-0.05, 0) is 37.1 Å². The average Bonchev–Trinajstić information content (AvgIpc) is 3.04. The van der Waals surface area contributed by atoms with Crippen LogP contribution < -0.4 is 9.47 Å². The van der Waals surface area contributed by atoms with Crippen LogP contribution in [0.3, 0.4) is 0 Å². The summed E-state index contributed by atoms with van der Waals surface area (Å²) in [4.78, 5) is 2.62. The Morgan fingerprint density at radius 3 is 2.86 bits per heavy atom. The van der Waals surface area contributed by atoms with Gasteiger partial charge in [0.2, 0.25) is 6.79 Å². The minimum Gasteiger partial charge on any atom is -0.454 e. The van der Waals surface area contributed by atoms with Gasteiger partial charge in [0.15, 0.2) is 11.5 Å². The van der Waals surface area contributed by atoms with Crippen LogP contribution in [0.2, 0.25) is 0 Å². The number of benzene rings is 1. The molecule has 3 rings (SSSR count). The van der Waals surface area contributed by atoms with Gasteiger partial charge in [0.1, 0.15) is 0 Å². The molecule has 0 aliphatic carbocycles. The molecule has 0 spiro atoms. The summed E-state index contributed by atoms with van der Waals surface area (Å²) in [6.45, 7) is 9.60. The number of nitrogens with zero attached hydrogens (tertiary/aromatic N) is 1. The minimum atomic E-state index is 0.355. The predicted octanol–water partition coefficient (Wildman–Crippen LogP) is 4.08. The number of hydrogen-bond acceptors (Lipinski definition) is 4. The molecule has 4 heteroatoms. The molecular weight excluding hydrogens is 282 g/mol. The van der Waals surface area contributed by atoms with Gasteiger partial charge < -0.3 is 9.47 Å². The molecule has 1 fully saturated rings. The van der Waals surface area contributed by atoms with Crippen molar-refractivity contribution in [2.45, 2.75) is 44.4 Å². The molecule has 0 radical (unpaired) electrons. The second-order valence-corrected chi connectivity index (χ2v) is 8.69. The van der Waals surface area contributed by atoms with E-state index in [1.165, 1.54) is 37.2 Å². The van der Waals surface area contributed by atoms with Crippen LogP contribution in [-0.2, 0) is 0 Å². The summed E-state index contributed by atoms with van der Waals surface area (Å²) in [5, 5.41) is 0. The smallest absolute Gasteiger partial charge is 0.231 e. The van der Waals surface area contributed by atoms with E-state index in [9.17, 15) is 0 Å². The number of fused-ring (bicyclic) bond motifs is 1. The van der Waals surface area contributed by atoms with Crippen LogP contribution >= 0.6 is 11.8 Å². The van der Waals surface area contributed by atoms with Gasteiger partial charge in [-0.25, -0.2) is 0 Å². The van der Waals surface area contributed by atoms with Crippen molar-refractivity contribution in [3.63, 3.8) is 0 Å². The van der Waals surface area contributed by atoms with Gasteiger partial charge in [0, 0.05) is 23.1 Å². The molecule has 0 aromatic heterocycles. The Kier molecular flexibility index (Phi) is 4.36. The third-order valence-corrected chi connectivity index (χ3v) is 5.31. The van der Waals surface area contributed by atoms with Crippen molar-refractivity contribution in [3.8, 4) is 11.5 Å². The first-order valence-corrected chi connectivity index (χ1v) is 8.79. The largest absolute Gasteiger partial charge is 0.454 e. The van der Waals surface area contributed by atoms with E-state index in [-0.39, 0.29) is 0 Å². The van der Waals surface area contributed by atoms with Crippen molar-refractivity contribution in [1.82, 2.24) is 4.90 Å². The summed E-state index contributed by atoms with van der Waals surface area (Å²) in [5.41, 5.74) is 1.37. The highest BCUT2D eigenvalue weighted by atomic mass is 32.2. The second kappa shape index (κ2) is 6.09. The maximum Gasteiger partial charge on any atom is 0.231 e. The highest BCUT2D eigenvalue weighted by Gasteiger charge is 2.27. The molecule has 0 amide bonds. The van der Waals surface area contributed by atoms with Crippen LogP contribution in [-0.4, -0.2) is 35.3 Å². The second-order valence-electron chi connectivity index (χ2n) is 6.77. The first kappa shape index (κ1) is 15.0. The molecule has 0 unspecified atom stereocenters. The zero-order valence-electron chi connectivity index (χ0n) is 13.2. The Balaban J connectivity index is 1.64. The number of thioether (sulfide) groups is 1. The van der Waals surface area contributed by atoms with E-state index in [1.54, 1.807) is 0 Å². The molecule has 116 valence electrons. The maximum atomic E-state index is 5.51. The third kappa shape index (κ3) is 3.67. The molecule has 2 aliphatic rings. The summed E-state index contributed by atoms with van der Waals surface area (Å²) in [7, 11) is 0. The van der Waals surface area contributed by atoms with Crippen molar-refractivity contribution in [1.29, 1.82) is 0 Å². The van der Waals surface area contributed by atoms with Crippen LogP contribution in [0.5, 0.6) is 11.5 Å². The standard InChI is InChI=1S/C17H25NO2S/c1-17(2,3)21-10-9-18-8-4-5-14(18)13-6-7-15-16(11-13)20-12-19-15/h6-7,11,14H,4-5,8-10,12H2,1-3H3/t14-/m0/s1. The molecular formula is C17H25NO2S. The fourth-order valence-corrected chi connectivity index (χ4v) is 4.00. The molecule has 1 aromatic rings. The van der Waals surface area contributed by atoms with E-state index in [0.29, 0.717) is 17.6 Å². The van der Waals surface area contributed by atoms with Crippen LogP contribution in [0.1, 0.15) is 45.2 Å². The quantitative estimate of drug-likeness (QED) is 0.835. The van der Waals surface area contributed by atoms with E-state index in [0.717, 1.165) is 11.5 Å². The lowest BCUT2D eigenvalue weighted by Crippen LogP contribution is -2.27. The molecule has 0 N–H and O–H groups in total. The molecule has 1 saturated heterocycles. The first-order chi connectivity index (χ1) is 10.0. The monoisotopic (exact) mass is 307 g/mol. The number of hydrogen-bond donors (Lipinski definition) is 0. The average molecular weight is 307 g/mol.